The highest BCUT2D eigenvalue weighted by atomic mass is 16.5. The molecule has 2 aromatic heterocycles. The zero-order valence-electron chi connectivity index (χ0n) is 23.2. The van der Waals surface area contributed by atoms with E-state index in [2.05, 4.69) is 43.1 Å². The van der Waals surface area contributed by atoms with E-state index in [1.165, 1.54) is 25.0 Å². The summed E-state index contributed by atoms with van der Waals surface area (Å²) in [5.41, 5.74) is 4.68. The van der Waals surface area contributed by atoms with Gasteiger partial charge in [-0.3, -0.25) is 4.79 Å². The molecule has 1 saturated carbocycles. The average molecular weight is 515 g/mol. The Balaban J connectivity index is 1.60. The molecule has 202 valence electrons. The van der Waals surface area contributed by atoms with Crippen LogP contribution in [0.4, 0.5) is 5.69 Å². The summed E-state index contributed by atoms with van der Waals surface area (Å²) >= 11 is 0. The van der Waals surface area contributed by atoms with E-state index >= 15 is 0 Å². The van der Waals surface area contributed by atoms with Gasteiger partial charge in [0.25, 0.3) is 0 Å². The molecule has 1 amide bonds. The third-order valence-electron chi connectivity index (χ3n) is 7.65. The number of fused-ring (bicyclic) bond motifs is 1. The molecule has 1 unspecified atom stereocenters. The molecular weight excluding hydrogens is 472 g/mol. The molecule has 0 saturated heterocycles. The van der Waals surface area contributed by atoms with E-state index in [1.54, 1.807) is 6.20 Å². The van der Waals surface area contributed by atoms with Gasteiger partial charge in [0.1, 0.15) is 11.4 Å². The molecule has 1 aliphatic carbocycles. The third kappa shape index (κ3) is 6.53. The Kier molecular flexibility index (Phi) is 9.38. The van der Waals surface area contributed by atoms with E-state index in [1.807, 2.05) is 42.8 Å². The van der Waals surface area contributed by atoms with Gasteiger partial charge < -0.3 is 10.1 Å². The van der Waals surface area contributed by atoms with Crippen LogP contribution in [0, 0.1) is 5.41 Å². The molecule has 6 nitrogen and oxygen atoms in total. The first-order chi connectivity index (χ1) is 18.5. The lowest BCUT2D eigenvalue weighted by Crippen LogP contribution is -2.22. The quantitative estimate of drug-likeness (QED) is 0.248. The fourth-order valence-corrected chi connectivity index (χ4v) is 5.26. The van der Waals surface area contributed by atoms with Crippen molar-refractivity contribution in [3.8, 4) is 16.9 Å². The number of amides is 1. The molecule has 4 rings (SSSR count). The normalized spacial score (nSPS) is 16.0. The molecule has 3 aromatic rings. The molecule has 0 radical (unpaired) electrons. The van der Waals surface area contributed by atoms with Gasteiger partial charge in [-0.25, -0.2) is 9.50 Å². The first-order valence-corrected chi connectivity index (χ1v) is 14.1. The van der Waals surface area contributed by atoms with E-state index in [0.717, 1.165) is 49.0 Å². The van der Waals surface area contributed by atoms with Crippen LogP contribution in [0.3, 0.4) is 0 Å². The van der Waals surface area contributed by atoms with Crippen molar-refractivity contribution in [1.29, 1.82) is 0 Å². The molecular formula is C32H42N4O2. The lowest BCUT2D eigenvalue weighted by atomic mass is 9.84. The van der Waals surface area contributed by atoms with Crippen LogP contribution in [0.5, 0.6) is 5.75 Å². The minimum Gasteiger partial charge on any atom is -0.493 e. The topological polar surface area (TPSA) is 68.5 Å². The van der Waals surface area contributed by atoms with E-state index in [-0.39, 0.29) is 11.3 Å². The van der Waals surface area contributed by atoms with Crippen LogP contribution in [0.1, 0.15) is 90.2 Å². The van der Waals surface area contributed by atoms with E-state index in [0.29, 0.717) is 30.3 Å². The van der Waals surface area contributed by atoms with Crippen molar-refractivity contribution in [2.45, 2.75) is 84.5 Å². The van der Waals surface area contributed by atoms with E-state index in [4.69, 9.17) is 14.8 Å². The third-order valence-corrected chi connectivity index (χ3v) is 7.65. The molecule has 0 aliphatic heterocycles. The SMILES string of the molecule is C=CC(C)(CC/C=C\C)COc1ccc(-c2cnc3c(NC(=O)CCC)cnn3c2C2CCCCC2)cc1. The predicted molar refractivity (Wildman–Crippen MR) is 156 cm³/mol. The lowest BCUT2D eigenvalue weighted by molar-refractivity contribution is -0.116. The summed E-state index contributed by atoms with van der Waals surface area (Å²) < 4.78 is 8.15. The molecule has 0 spiro atoms. The van der Waals surface area contributed by atoms with Crippen molar-refractivity contribution in [2.24, 2.45) is 5.41 Å². The summed E-state index contributed by atoms with van der Waals surface area (Å²) in [7, 11) is 0. The van der Waals surface area contributed by atoms with Gasteiger partial charge >= 0.3 is 0 Å². The fraction of sp³-hybridized carbons (Fsp3) is 0.469. The smallest absolute Gasteiger partial charge is 0.224 e. The second kappa shape index (κ2) is 12.9. The summed E-state index contributed by atoms with van der Waals surface area (Å²) in [6.07, 6.45) is 19.3. The molecule has 1 atom stereocenters. The molecule has 0 bridgehead atoms. The fourth-order valence-electron chi connectivity index (χ4n) is 5.26. The van der Waals surface area contributed by atoms with Crippen LogP contribution < -0.4 is 10.1 Å². The highest BCUT2D eigenvalue weighted by molar-refractivity contribution is 5.94. The predicted octanol–water partition coefficient (Wildman–Crippen LogP) is 8.11. The summed E-state index contributed by atoms with van der Waals surface area (Å²) in [4.78, 5) is 17.0. The Morgan fingerprint density at radius 1 is 1.21 bits per heavy atom. The standard InChI is InChI=1S/C32H42N4O2/c1-5-8-12-20-32(4,7-3)23-38-26-18-16-24(17-19-26)27-21-33-31-28(35-29(37)13-6-2)22-34-36(31)30(27)25-14-10-9-11-15-25/h5,7-8,16-19,21-22,25H,3,6,9-15,20,23H2,1-2,4H3,(H,35,37)/b8-5-. The van der Waals surface area contributed by atoms with Gasteiger partial charge in [0, 0.05) is 29.5 Å². The maximum Gasteiger partial charge on any atom is 0.224 e. The molecule has 38 heavy (non-hydrogen) atoms. The number of aromatic nitrogens is 3. The van der Waals surface area contributed by atoms with Gasteiger partial charge in [-0.2, -0.15) is 5.10 Å². The van der Waals surface area contributed by atoms with Gasteiger partial charge in [-0.15, -0.1) is 6.58 Å². The number of hydrogen-bond acceptors (Lipinski definition) is 4. The highest BCUT2D eigenvalue weighted by Gasteiger charge is 2.25. The number of carbonyl (C=O) groups is 1. The van der Waals surface area contributed by atoms with Crippen LogP contribution in [0.25, 0.3) is 16.8 Å². The molecule has 6 heteroatoms. The van der Waals surface area contributed by atoms with Crippen LogP contribution in [-0.2, 0) is 4.79 Å². The Morgan fingerprint density at radius 3 is 2.66 bits per heavy atom. The number of anilines is 1. The first kappa shape index (κ1) is 27.6. The Bertz CT molecular complexity index is 1250. The Morgan fingerprint density at radius 2 is 1.97 bits per heavy atom. The molecule has 1 aliphatic rings. The second-order valence-electron chi connectivity index (χ2n) is 10.8. The largest absolute Gasteiger partial charge is 0.493 e. The number of ether oxygens (including phenoxy) is 1. The van der Waals surface area contributed by atoms with Crippen molar-refractivity contribution in [3.05, 3.63) is 67.2 Å². The van der Waals surface area contributed by atoms with E-state index in [9.17, 15) is 4.79 Å². The van der Waals surface area contributed by atoms with Crippen molar-refractivity contribution in [3.63, 3.8) is 0 Å². The number of hydrogen-bond donors (Lipinski definition) is 1. The van der Waals surface area contributed by atoms with Crippen molar-refractivity contribution >= 4 is 17.2 Å². The summed E-state index contributed by atoms with van der Waals surface area (Å²) in [5, 5.41) is 7.71. The molecule has 2 heterocycles. The molecule has 1 N–H and O–H groups in total. The summed E-state index contributed by atoms with van der Waals surface area (Å²) in [5.74, 6) is 1.25. The number of benzene rings is 1. The van der Waals surface area contributed by atoms with Gasteiger partial charge in [0.15, 0.2) is 5.65 Å². The number of nitrogens with zero attached hydrogens (tertiary/aromatic N) is 3. The van der Waals surface area contributed by atoms with Crippen LogP contribution in [0.15, 0.2) is 61.5 Å². The Labute approximate surface area is 227 Å². The lowest BCUT2D eigenvalue weighted by Gasteiger charge is -2.26. The first-order valence-electron chi connectivity index (χ1n) is 14.1. The average Bonchev–Trinajstić information content (AvgIpc) is 3.35. The zero-order chi connectivity index (χ0) is 27.0. The van der Waals surface area contributed by atoms with Gasteiger partial charge in [-0.05, 0) is 56.7 Å². The molecule has 1 fully saturated rings. The Hall–Kier alpha value is -3.41. The van der Waals surface area contributed by atoms with Crippen LogP contribution >= 0.6 is 0 Å². The van der Waals surface area contributed by atoms with Crippen molar-refractivity contribution in [1.82, 2.24) is 14.6 Å². The summed E-state index contributed by atoms with van der Waals surface area (Å²) in [6, 6.07) is 8.31. The van der Waals surface area contributed by atoms with Gasteiger partial charge in [0.05, 0.1) is 18.5 Å². The number of nitrogens with one attached hydrogen (secondary N) is 1. The minimum absolute atomic E-state index is 0.00235. The van der Waals surface area contributed by atoms with Gasteiger partial charge in [0.2, 0.25) is 5.91 Å². The number of rotatable bonds is 12. The molecule has 1 aromatic carbocycles. The maximum atomic E-state index is 12.3. The van der Waals surface area contributed by atoms with Crippen molar-refractivity contribution < 1.29 is 9.53 Å². The van der Waals surface area contributed by atoms with Gasteiger partial charge in [-0.1, -0.05) is 63.5 Å². The van der Waals surface area contributed by atoms with Crippen LogP contribution in [-0.4, -0.2) is 27.1 Å². The number of carbonyl (C=O) groups excluding carboxylic acids is 1. The van der Waals surface area contributed by atoms with Crippen LogP contribution in [0.2, 0.25) is 0 Å². The maximum absolute atomic E-state index is 12.3. The zero-order valence-corrected chi connectivity index (χ0v) is 23.2. The number of allylic oxidation sites excluding steroid dienone is 2. The second-order valence-corrected chi connectivity index (χ2v) is 10.8. The summed E-state index contributed by atoms with van der Waals surface area (Å²) in [6.45, 7) is 10.9. The highest BCUT2D eigenvalue weighted by Crippen LogP contribution is 2.39. The monoisotopic (exact) mass is 514 g/mol. The minimum atomic E-state index is -0.0777. The van der Waals surface area contributed by atoms with E-state index < -0.39 is 0 Å². The van der Waals surface area contributed by atoms with Crippen molar-refractivity contribution in [2.75, 3.05) is 11.9 Å².